The second-order valence-corrected chi connectivity index (χ2v) is 2.42. The van der Waals surface area contributed by atoms with Crippen molar-refractivity contribution in [3.63, 3.8) is 0 Å². The number of aliphatic hydroxyl groups is 2. The number of nitrogens with zero attached hydrogens (tertiary/aromatic N) is 2. The Bertz CT molecular complexity index is 258. The molecule has 0 aliphatic carbocycles. The van der Waals surface area contributed by atoms with Crippen molar-refractivity contribution in [1.82, 2.24) is 9.55 Å². The fourth-order valence-corrected chi connectivity index (χ4v) is 1.16. The van der Waals surface area contributed by atoms with E-state index in [-0.39, 0.29) is 19.9 Å². The Hall–Kier alpha value is -1.11. The summed E-state index contributed by atoms with van der Waals surface area (Å²) in [6.07, 6.45) is 0. The van der Waals surface area contributed by atoms with E-state index in [0.29, 0.717) is 17.4 Å². The fourth-order valence-electron chi connectivity index (χ4n) is 1.16. The summed E-state index contributed by atoms with van der Waals surface area (Å²) >= 11 is 0. The highest BCUT2D eigenvalue weighted by atomic mass is 16.5. The molecule has 6 heteroatoms. The third-order valence-corrected chi connectivity index (χ3v) is 1.79. The van der Waals surface area contributed by atoms with Crippen molar-refractivity contribution in [3.8, 4) is 6.01 Å². The summed E-state index contributed by atoms with van der Waals surface area (Å²) in [5.41, 5.74) is 6.30. The van der Waals surface area contributed by atoms with Crippen molar-refractivity contribution in [2.24, 2.45) is 5.73 Å². The van der Waals surface area contributed by atoms with Crippen LogP contribution in [0.2, 0.25) is 0 Å². The Labute approximate surface area is 75.6 Å². The molecule has 0 aromatic carbocycles. The lowest BCUT2D eigenvalue weighted by Gasteiger charge is -2.05. The van der Waals surface area contributed by atoms with Gasteiger partial charge in [-0.15, -0.1) is 0 Å². The molecular weight excluding hydrogens is 174 g/mol. The molecule has 0 saturated heterocycles. The minimum Gasteiger partial charge on any atom is -0.468 e. The maximum Gasteiger partial charge on any atom is 0.297 e. The van der Waals surface area contributed by atoms with Crippen LogP contribution in [0.5, 0.6) is 6.01 Å². The lowest BCUT2D eigenvalue weighted by molar-refractivity contribution is 0.249. The molecule has 1 heterocycles. The van der Waals surface area contributed by atoms with Gasteiger partial charge in [-0.25, -0.2) is 0 Å². The van der Waals surface area contributed by atoms with Crippen molar-refractivity contribution in [1.29, 1.82) is 0 Å². The predicted molar refractivity (Wildman–Crippen MR) is 44.8 cm³/mol. The van der Waals surface area contributed by atoms with E-state index in [9.17, 15) is 0 Å². The van der Waals surface area contributed by atoms with Crippen LogP contribution >= 0.6 is 0 Å². The summed E-state index contributed by atoms with van der Waals surface area (Å²) < 4.78 is 6.42. The van der Waals surface area contributed by atoms with Crippen molar-refractivity contribution < 1.29 is 14.9 Å². The second kappa shape index (κ2) is 4.22. The average molecular weight is 187 g/mol. The summed E-state index contributed by atoms with van der Waals surface area (Å²) in [6.45, 7) is -0.297. The van der Waals surface area contributed by atoms with Gasteiger partial charge < -0.3 is 20.7 Å². The van der Waals surface area contributed by atoms with Crippen LogP contribution in [0.15, 0.2) is 0 Å². The van der Waals surface area contributed by atoms with Crippen LogP contribution in [0.4, 0.5) is 0 Å². The number of nitrogens with two attached hydrogens (primary N) is 1. The molecule has 0 radical (unpaired) electrons. The van der Waals surface area contributed by atoms with E-state index in [4.69, 9.17) is 20.7 Å². The van der Waals surface area contributed by atoms with Crippen molar-refractivity contribution in [3.05, 3.63) is 11.4 Å². The van der Waals surface area contributed by atoms with E-state index in [1.807, 2.05) is 0 Å². The molecule has 13 heavy (non-hydrogen) atoms. The average Bonchev–Trinajstić information content (AvgIpc) is 2.54. The van der Waals surface area contributed by atoms with Gasteiger partial charge in [0.25, 0.3) is 6.01 Å². The highest BCUT2D eigenvalue weighted by molar-refractivity contribution is 5.19. The van der Waals surface area contributed by atoms with Crippen LogP contribution in [0.25, 0.3) is 0 Å². The Morgan fingerprint density at radius 2 is 2.15 bits per heavy atom. The molecule has 0 atom stereocenters. The number of ether oxygens (including phenoxy) is 1. The van der Waals surface area contributed by atoms with Crippen molar-refractivity contribution in [2.45, 2.75) is 19.9 Å². The second-order valence-electron chi connectivity index (χ2n) is 2.42. The number of aromatic nitrogens is 2. The zero-order valence-electron chi connectivity index (χ0n) is 7.40. The quantitative estimate of drug-likeness (QED) is 0.550. The topological polar surface area (TPSA) is 93.5 Å². The Kier molecular flexibility index (Phi) is 3.24. The zero-order valence-corrected chi connectivity index (χ0v) is 7.40. The molecule has 0 bridgehead atoms. The number of aliphatic hydroxyl groups excluding tert-OH is 2. The largest absolute Gasteiger partial charge is 0.468 e. The molecule has 74 valence electrons. The molecule has 0 aliphatic rings. The normalized spacial score (nSPS) is 10.5. The number of hydrogen-bond donors (Lipinski definition) is 3. The SMILES string of the molecule is COc1nc(CO)c(CO)n1CN. The molecule has 0 fully saturated rings. The highest BCUT2D eigenvalue weighted by Crippen LogP contribution is 2.17. The fraction of sp³-hybridized carbons (Fsp3) is 0.571. The third-order valence-electron chi connectivity index (χ3n) is 1.79. The van der Waals surface area contributed by atoms with Gasteiger partial charge in [0.1, 0.15) is 0 Å². The summed E-state index contributed by atoms with van der Waals surface area (Å²) in [7, 11) is 1.46. The van der Waals surface area contributed by atoms with Crippen molar-refractivity contribution >= 4 is 0 Å². The van der Waals surface area contributed by atoms with E-state index in [1.54, 1.807) is 0 Å². The molecule has 0 aliphatic heterocycles. The van der Waals surface area contributed by atoms with E-state index in [1.165, 1.54) is 11.7 Å². The highest BCUT2D eigenvalue weighted by Gasteiger charge is 2.14. The van der Waals surface area contributed by atoms with Gasteiger partial charge in [-0.3, -0.25) is 4.57 Å². The maximum absolute atomic E-state index is 8.99. The lowest BCUT2D eigenvalue weighted by atomic mass is 10.3. The smallest absolute Gasteiger partial charge is 0.297 e. The summed E-state index contributed by atoms with van der Waals surface area (Å²) in [4.78, 5) is 3.94. The first-order chi connectivity index (χ1) is 6.28. The van der Waals surface area contributed by atoms with Crippen LogP contribution in [0, 0.1) is 0 Å². The van der Waals surface area contributed by atoms with E-state index >= 15 is 0 Å². The molecule has 0 unspecified atom stereocenters. The van der Waals surface area contributed by atoms with Gasteiger partial charge in [-0.05, 0) is 0 Å². The van der Waals surface area contributed by atoms with E-state index in [0.717, 1.165) is 0 Å². The van der Waals surface area contributed by atoms with Gasteiger partial charge in [0.2, 0.25) is 0 Å². The van der Waals surface area contributed by atoms with Crippen LogP contribution < -0.4 is 10.5 Å². The molecular formula is C7H13N3O3. The zero-order chi connectivity index (χ0) is 9.84. The van der Waals surface area contributed by atoms with Gasteiger partial charge in [0.15, 0.2) is 0 Å². The predicted octanol–water partition coefficient (Wildman–Crippen LogP) is -1.21. The molecule has 1 aromatic heterocycles. The van der Waals surface area contributed by atoms with Gasteiger partial charge in [0, 0.05) is 0 Å². The lowest BCUT2D eigenvalue weighted by Crippen LogP contribution is -2.12. The first-order valence-corrected chi connectivity index (χ1v) is 3.82. The van der Waals surface area contributed by atoms with Gasteiger partial charge >= 0.3 is 0 Å². The molecule has 0 spiro atoms. The van der Waals surface area contributed by atoms with E-state index in [2.05, 4.69) is 4.98 Å². The monoisotopic (exact) mass is 187 g/mol. The molecule has 4 N–H and O–H groups in total. The van der Waals surface area contributed by atoms with Crippen LogP contribution in [0.3, 0.4) is 0 Å². The summed E-state index contributed by atoms with van der Waals surface area (Å²) in [6, 6.07) is 0.301. The number of rotatable bonds is 4. The number of imidazole rings is 1. The third kappa shape index (κ3) is 1.64. The van der Waals surface area contributed by atoms with Crippen LogP contribution in [-0.2, 0) is 19.9 Å². The maximum atomic E-state index is 8.99. The van der Waals surface area contributed by atoms with Gasteiger partial charge in [0.05, 0.1) is 38.4 Å². The van der Waals surface area contributed by atoms with Crippen molar-refractivity contribution in [2.75, 3.05) is 7.11 Å². The molecule has 0 saturated carbocycles. The van der Waals surface area contributed by atoms with Gasteiger partial charge in [-0.1, -0.05) is 0 Å². The first-order valence-electron chi connectivity index (χ1n) is 3.82. The first kappa shape index (κ1) is 9.97. The Balaban J connectivity index is 3.17. The number of hydrogen-bond acceptors (Lipinski definition) is 5. The van der Waals surface area contributed by atoms with E-state index < -0.39 is 0 Å². The minimum absolute atomic E-state index is 0.159. The molecule has 0 amide bonds. The number of methoxy groups -OCH3 is 1. The molecule has 1 aromatic rings. The Morgan fingerprint density at radius 3 is 2.54 bits per heavy atom. The van der Waals surface area contributed by atoms with Gasteiger partial charge in [-0.2, -0.15) is 4.98 Å². The summed E-state index contributed by atoms with van der Waals surface area (Å²) in [5, 5.41) is 17.9. The van der Waals surface area contributed by atoms with Crippen LogP contribution in [-0.4, -0.2) is 26.9 Å². The standard InChI is InChI=1S/C7H13N3O3/c1-13-7-9-5(2-11)6(3-12)10(7)4-8/h11-12H,2-4,8H2,1H3. The minimum atomic E-state index is -0.237. The van der Waals surface area contributed by atoms with Crippen LogP contribution in [0.1, 0.15) is 11.4 Å². The summed E-state index contributed by atoms with van der Waals surface area (Å²) in [5.74, 6) is 0. The molecule has 6 nitrogen and oxygen atoms in total. The Morgan fingerprint density at radius 1 is 1.46 bits per heavy atom. The molecule has 1 rings (SSSR count).